The van der Waals surface area contributed by atoms with Crippen molar-refractivity contribution in [1.29, 1.82) is 0 Å². The van der Waals surface area contributed by atoms with Crippen molar-refractivity contribution in [3.05, 3.63) is 114 Å². The van der Waals surface area contributed by atoms with Gasteiger partial charge in [0, 0.05) is 17.4 Å². The Bertz CT molecular complexity index is 1050. The van der Waals surface area contributed by atoms with Crippen molar-refractivity contribution < 1.29 is 9.21 Å². The Morgan fingerprint density at radius 3 is 2.41 bits per heavy atom. The number of pyridine rings is 1. The smallest absolute Gasteiger partial charge is 0.258 e. The molecule has 0 fully saturated rings. The number of rotatable bonds is 7. The summed E-state index contributed by atoms with van der Waals surface area (Å²) in [7, 11) is 0. The van der Waals surface area contributed by atoms with Gasteiger partial charge in [-0.05, 0) is 42.0 Å². The van der Waals surface area contributed by atoms with Crippen LogP contribution in [-0.4, -0.2) is 10.9 Å². The molecule has 1 amide bonds. The summed E-state index contributed by atoms with van der Waals surface area (Å²) in [6, 6.07) is 26.9. The number of hydrogen-bond acceptors (Lipinski definition) is 4. The molecule has 4 aromatic rings. The Morgan fingerprint density at radius 2 is 1.69 bits per heavy atom. The Labute approximate surface area is 169 Å². The third kappa shape index (κ3) is 4.71. The van der Waals surface area contributed by atoms with Gasteiger partial charge >= 0.3 is 0 Å². The number of carbonyl (C=O) groups is 1. The predicted octanol–water partition coefficient (Wildman–Crippen LogP) is 5.13. The fourth-order valence-corrected chi connectivity index (χ4v) is 3.06. The number of carbonyl (C=O) groups excluding carboxylic acids is 1. The molecular weight excluding hydrogens is 362 g/mol. The molecule has 0 unspecified atom stereocenters. The topological polar surface area (TPSA) is 58.4 Å². The van der Waals surface area contributed by atoms with E-state index < -0.39 is 0 Å². The van der Waals surface area contributed by atoms with E-state index in [9.17, 15) is 4.79 Å². The van der Waals surface area contributed by atoms with Crippen LogP contribution >= 0.6 is 0 Å². The van der Waals surface area contributed by atoms with Crippen LogP contribution < -0.4 is 10.2 Å². The van der Waals surface area contributed by atoms with E-state index in [4.69, 9.17) is 4.42 Å². The van der Waals surface area contributed by atoms with E-state index in [0.717, 1.165) is 17.0 Å². The minimum Gasteiger partial charge on any atom is -0.467 e. The first kappa shape index (κ1) is 18.5. The SMILES string of the molecule is O=C(c1ccnc(NCc2ccco2)c1)N(Cc1ccccc1)c1ccccc1. The Kier molecular flexibility index (Phi) is 5.67. The lowest BCUT2D eigenvalue weighted by molar-refractivity contribution is 0.0985. The molecule has 2 aromatic carbocycles. The lowest BCUT2D eigenvalue weighted by Gasteiger charge is -2.23. The second-order valence-electron chi connectivity index (χ2n) is 6.58. The van der Waals surface area contributed by atoms with E-state index in [1.165, 1.54) is 0 Å². The van der Waals surface area contributed by atoms with Gasteiger partial charge in [-0.2, -0.15) is 0 Å². The molecular formula is C24H21N3O2. The molecule has 0 saturated heterocycles. The molecule has 2 heterocycles. The molecule has 5 heteroatoms. The number of benzene rings is 2. The molecule has 2 aromatic heterocycles. The fourth-order valence-electron chi connectivity index (χ4n) is 3.06. The lowest BCUT2D eigenvalue weighted by Crippen LogP contribution is -2.30. The van der Waals surface area contributed by atoms with E-state index in [1.54, 1.807) is 29.5 Å². The van der Waals surface area contributed by atoms with Crippen LogP contribution in [0.5, 0.6) is 0 Å². The van der Waals surface area contributed by atoms with Gasteiger partial charge in [-0.15, -0.1) is 0 Å². The standard InChI is InChI=1S/C24H21N3O2/c28-24(20-13-14-25-23(16-20)26-17-22-12-7-15-29-22)27(21-10-5-2-6-11-21)18-19-8-3-1-4-9-19/h1-16H,17-18H2,(H,25,26). The van der Waals surface area contributed by atoms with Crippen molar-refractivity contribution in [2.24, 2.45) is 0 Å². The highest BCUT2D eigenvalue weighted by atomic mass is 16.3. The quantitative estimate of drug-likeness (QED) is 0.480. The van der Waals surface area contributed by atoms with Crippen LogP contribution in [-0.2, 0) is 13.1 Å². The zero-order valence-corrected chi connectivity index (χ0v) is 15.9. The van der Waals surface area contributed by atoms with E-state index in [2.05, 4.69) is 10.3 Å². The number of aromatic nitrogens is 1. The summed E-state index contributed by atoms with van der Waals surface area (Å²) in [5.74, 6) is 1.35. The van der Waals surface area contributed by atoms with Gasteiger partial charge < -0.3 is 14.6 Å². The molecule has 4 rings (SSSR count). The van der Waals surface area contributed by atoms with Gasteiger partial charge in [0.15, 0.2) is 0 Å². The van der Waals surface area contributed by atoms with Gasteiger partial charge in [0.2, 0.25) is 0 Å². The van der Waals surface area contributed by atoms with E-state index in [-0.39, 0.29) is 5.91 Å². The van der Waals surface area contributed by atoms with Crippen LogP contribution in [0.4, 0.5) is 11.5 Å². The van der Waals surface area contributed by atoms with Gasteiger partial charge in [0.1, 0.15) is 11.6 Å². The summed E-state index contributed by atoms with van der Waals surface area (Å²) in [5.41, 5.74) is 2.49. The average Bonchev–Trinajstić information content (AvgIpc) is 3.31. The second-order valence-corrected chi connectivity index (χ2v) is 6.58. The molecule has 0 radical (unpaired) electrons. The molecule has 0 bridgehead atoms. The molecule has 0 aliphatic carbocycles. The van der Waals surface area contributed by atoms with Crippen molar-refractivity contribution in [2.45, 2.75) is 13.1 Å². The van der Waals surface area contributed by atoms with Gasteiger partial charge in [0.05, 0.1) is 19.4 Å². The first-order chi connectivity index (χ1) is 14.3. The third-order valence-electron chi connectivity index (χ3n) is 4.53. The highest BCUT2D eigenvalue weighted by Crippen LogP contribution is 2.21. The summed E-state index contributed by atoms with van der Waals surface area (Å²) in [4.78, 5) is 19.5. The van der Waals surface area contributed by atoms with E-state index in [0.29, 0.717) is 24.5 Å². The van der Waals surface area contributed by atoms with Gasteiger partial charge in [-0.3, -0.25) is 4.79 Å². The fraction of sp³-hybridized carbons (Fsp3) is 0.0833. The summed E-state index contributed by atoms with van der Waals surface area (Å²) in [5, 5.41) is 3.20. The molecule has 144 valence electrons. The van der Waals surface area contributed by atoms with Crippen LogP contribution in [0.25, 0.3) is 0 Å². The maximum Gasteiger partial charge on any atom is 0.258 e. The average molecular weight is 383 g/mol. The van der Waals surface area contributed by atoms with Gasteiger partial charge in [-0.1, -0.05) is 48.5 Å². The van der Waals surface area contributed by atoms with Crippen LogP contribution in [0.3, 0.4) is 0 Å². The van der Waals surface area contributed by atoms with Crippen molar-refractivity contribution in [3.8, 4) is 0 Å². The van der Waals surface area contributed by atoms with Crippen molar-refractivity contribution in [1.82, 2.24) is 4.98 Å². The van der Waals surface area contributed by atoms with Crippen LogP contribution in [0, 0.1) is 0 Å². The van der Waals surface area contributed by atoms with Crippen LogP contribution in [0.2, 0.25) is 0 Å². The zero-order chi connectivity index (χ0) is 19.9. The molecule has 0 aliphatic heterocycles. The van der Waals surface area contributed by atoms with Crippen molar-refractivity contribution in [2.75, 3.05) is 10.2 Å². The Morgan fingerprint density at radius 1 is 0.931 bits per heavy atom. The number of furan rings is 1. The number of nitrogens with one attached hydrogen (secondary N) is 1. The number of nitrogens with zero attached hydrogens (tertiary/aromatic N) is 2. The summed E-state index contributed by atoms with van der Waals surface area (Å²) >= 11 is 0. The molecule has 0 saturated carbocycles. The predicted molar refractivity (Wildman–Crippen MR) is 114 cm³/mol. The van der Waals surface area contributed by atoms with E-state index in [1.807, 2.05) is 72.8 Å². The monoisotopic (exact) mass is 383 g/mol. The zero-order valence-electron chi connectivity index (χ0n) is 15.9. The number of para-hydroxylation sites is 1. The molecule has 5 nitrogen and oxygen atoms in total. The third-order valence-corrected chi connectivity index (χ3v) is 4.53. The summed E-state index contributed by atoms with van der Waals surface area (Å²) in [6.07, 6.45) is 3.27. The number of hydrogen-bond donors (Lipinski definition) is 1. The normalized spacial score (nSPS) is 10.5. The number of amides is 1. The summed E-state index contributed by atoms with van der Waals surface area (Å²) < 4.78 is 5.33. The first-order valence-electron chi connectivity index (χ1n) is 9.43. The van der Waals surface area contributed by atoms with Crippen molar-refractivity contribution >= 4 is 17.4 Å². The molecule has 0 spiro atoms. The highest BCUT2D eigenvalue weighted by Gasteiger charge is 2.18. The Balaban J connectivity index is 1.57. The molecule has 0 atom stereocenters. The number of anilines is 2. The largest absolute Gasteiger partial charge is 0.467 e. The molecule has 29 heavy (non-hydrogen) atoms. The van der Waals surface area contributed by atoms with Gasteiger partial charge in [0.25, 0.3) is 5.91 Å². The molecule has 0 aliphatic rings. The van der Waals surface area contributed by atoms with Crippen molar-refractivity contribution in [3.63, 3.8) is 0 Å². The maximum absolute atomic E-state index is 13.4. The van der Waals surface area contributed by atoms with E-state index >= 15 is 0 Å². The van der Waals surface area contributed by atoms with Crippen LogP contribution in [0.1, 0.15) is 21.7 Å². The highest BCUT2D eigenvalue weighted by molar-refractivity contribution is 6.06. The first-order valence-corrected chi connectivity index (χ1v) is 9.43. The second kappa shape index (κ2) is 8.89. The molecule has 1 N–H and O–H groups in total. The lowest BCUT2D eigenvalue weighted by atomic mass is 10.1. The Hall–Kier alpha value is -3.86. The minimum atomic E-state index is -0.0801. The maximum atomic E-state index is 13.4. The summed E-state index contributed by atoms with van der Waals surface area (Å²) in [6.45, 7) is 0.991. The van der Waals surface area contributed by atoms with Gasteiger partial charge in [-0.25, -0.2) is 4.98 Å². The van der Waals surface area contributed by atoms with Crippen LogP contribution in [0.15, 0.2) is 102 Å². The minimum absolute atomic E-state index is 0.0801.